The normalized spacial score (nSPS) is 12.0. The molecule has 0 saturated carbocycles. The third-order valence-corrected chi connectivity index (χ3v) is 2.59. The monoisotopic (exact) mass is 255 g/mol. The van der Waals surface area contributed by atoms with Gasteiger partial charge in [-0.25, -0.2) is 10.8 Å². The molecule has 0 aromatic carbocycles. The van der Waals surface area contributed by atoms with Crippen LogP contribution in [0.1, 0.15) is 6.92 Å². The Bertz CT molecular complexity index is 426. The van der Waals surface area contributed by atoms with Gasteiger partial charge in [-0.2, -0.15) is 0 Å². The van der Waals surface area contributed by atoms with Crippen molar-refractivity contribution < 1.29 is 9.66 Å². The van der Waals surface area contributed by atoms with Crippen molar-refractivity contribution in [1.29, 1.82) is 0 Å². The first-order valence-corrected chi connectivity index (χ1v) is 5.34. The number of ether oxygens (including phenoxy) is 1. The van der Waals surface area contributed by atoms with Gasteiger partial charge in [0.25, 0.3) is 5.69 Å². The van der Waals surface area contributed by atoms with Crippen molar-refractivity contribution in [2.45, 2.75) is 13.0 Å². The second-order valence-corrected chi connectivity index (χ2v) is 3.89. The number of nitrogens with one attached hydrogen (secondary N) is 1. The summed E-state index contributed by atoms with van der Waals surface area (Å²) in [5.74, 6) is 5.95. The van der Waals surface area contributed by atoms with Crippen molar-refractivity contribution in [1.82, 2.24) is 4.98 Å². The van der Waals surface area contributed by atoms with E-state index in [0.717, 1.165) is 0 Å². The second kappa shape index (κ2) is 6.12. The molecule has 0 bridgehead atoms. The SMILES string of the molecule is COCC(C)N(C)c1cc([N+](=O)[O-])cc(NN)n1. The van der Waals surface area contributed by atoms with Crippen LogP contribution in [0, 0.1) is 10.1 Å². The van der Waals surface area contributed by atoms with Crippen molar-refractivity contribution >= 4 is 17.3 Å². The molecule has 1 aromatic heterocycles. The Hall–Kier alpha value is -1.93. The predicted molar refractivity (Wildman–Crippen MR) is 68.4 cm³/mol. The molecule has 18 heavy (non-hydrogen) atoms. The van der Waals surface area contributed by atoms with Crippen LogP contribution < -0.4 is 16.2 Å². The number of rotatable bonds is 6. The number of nitrogen functional groups attached to an aromatic ring is 1. The Morgan fingerprint density at radius 1 is 1.67 bits per heavy atom. The Labute approximate surface area is 105 Å². The third kappa shape index (κ3) is 3.28. The lowest BCUT2D eigenvalue weighted by atomic mass is 10.3. The summed E-state index contributed by atoms with van der Waals surface area (Å²) in [7, 11) is 3.38. The molecule has 0 aliphatic rings. The number of anilines is 2. The average Bonchev–Trinajstić information content (AvgIpc) is 2.37. The number of nitro groups is 1. The lowest BCUT2D eigenvalue weighted by molar-refractivity contribution is -0.384. The highest BCUT2D eigenvalue weighted by molar-refractivity contribution is 5.55. The molecule has 100 valence electrons. The summed E-state index contributed by atoms with van der Waals surface area (Å²) in [6, 6.07) is 2.71. The van der Waals surface area contributed by atoms with Gasteiger partial charge in [0, 0.05) is 14.2 Å². The van der Waals surface area contributed by atoms with Crippen molar-refractivity contribution in [3.63, 3.8) is 0 Å². The molecule has 0 radical (unpaired) electrons. The van der Waals surface area contributed by atoms with Crippen molar-refractivity contribution in [2.24, 2.45) is 5.84 Å². The molecule has 1 heterocycles. The summed E-state index contributed by atoms with van der Waals surface area (Å²) >= 11 is 0. The fraction of sp³-hybridized carbons (Fsp3) is 0.500. The highest BCUT2D eigenvalue weighted by atomic mass is 16.6. The van der Waals surface area contributed by atoms with Gasteiger partial charge in [-0.05, 0) is 6.92 Å². The largest absolute Gasteiger partial charge is 0.383 e. The topological polar surface area (TPSA) is 107 Å². The molecule has 1 rings (SSSR count). The van der Waals surface area contributed by atoms with Gasteiger partial charge in [0.15, 0.2) is 0 Å². The number of nitrogens with two attached hydrogens (primary N) is 1. The number of hydrogen-bond donors (Lipinski definition) is 2. The van der Waals surface area contributed by atoms with Gasteiger partial charge >= 0.3 is 0 Å². The fourth-order valence-electron chi connectivity index (χ4n) is 1.44. The summed E-state index contributed by atoms with van der Waals surface area (Å²) in [6.45, 7) is 2.42. The number of likely N-dealkylation sites (N-methyl/N-ethyl adjacent to an activating group) is 1. The quantitative estimate of drug-likeness (QED) is 0.438. The molecule has 3 N–H and O–H groups in total. The van der Waals surface area contributed by atoms with Gasteiger partial charge in [-0.15, -0.1) is 0 Å². The summed E-state index contributed by atoms with van der Waals surface area (Å²) in [6.07, 6.45) is 0. The molecule has 1 unspecified atom stereocenters. The maximum Gasteiger partial charge on any atom is 0.276 e. The van der Waals surface area contributed by atoms with Crippen LogP contribution in [0.25, 0.3) is 0 Å². The number of pyridine rings is 1. The molecule has 8 heteroatoms. The van der Waals surface area contributed by atoms with E-state index >= 15 is 0 Å². The molecular weight excluding hydrogens is 238 g/mol. The highest BCUT2D eigenvalue weighted by Gasteiger charge is 2.16. The summed E-state index contributed by atoms with van der Waals surface area (Å²) in [4.78, 5) is 16.3. The molecule has 0 spiro atoms. The Morgan fingerprint density at radius 2 is 2.33 bits per heavy atom. The van der Waals surface area contributed by atoms with Crippen molar-refractivity contribution in [3.05, 3.63) is 22.2 Å². The van der Waals surface area contributed by atoms with Gasteiger partial charge in [0.2, 0.25) is 0 Å². The van der Waals surface area contributed by atoms with Gasteiger partial charge in [-0.1, -0.05) is 0 Å². The minimum atomic E-state index is -0.485. The zero-order chi connectivity index (χ0) is 13.7. The van der Waals surface area contributed by atoms with E-state index < -0.39 is 4.92 Å². The zero-order valence-electron chi connectivity index (χ0n) is 10.6. The van der Waals surface area contributed by atoms with E-state index in [4.69, 9.17) is 10.6 Å². The Balaban J connectivity index is 3.07. The van der Waals surface area contributed by atoms with E-state index in [9.17, 15) is 10.1 Å². The first-order valence-electron chi connectivity index (χ1n) is 5.34. The smallest absolute Gasteiger partial charge is 0.276 e. The average molecular weight is 255 g/mol. The summed E-state index contributed by atoms with van der Waals surface area (Å²) < 4.78 is 5.04. The molecule has 0 saturated heterocycles. The Kier molecular flexibility index (Phi) is 4.81. The minimum absolute atomic E-state index is 0.0372. The van der Waals surface area contributed by atoms with E-state index in [0.29, 0.717) is 12.4 Å². The molecule has 8 nitrogen and oxygen atoms in total. The van der Waals surface area contributed by atoms with E-state index in [1.165, 1.54) is 12.1 Å². The van der Waals surface area contributed by atoms with Crippen LogP contribution in [0.3, 0.4) is 0 Å². The van der Waals surface area contributed by atoms with E-state index in [-0.39, 0.29) is 17.5 Å². The fourth-order valence-corrected chi connectivity index (χ4v) is 1.44. The second-order valence-electron chi connectivity index (χ2n) is 3.89. The highest BCUT2D eigenvalue weighted by Crippen LogP contribution is 2.23. The van der Waals surface area contributed by atoms with Crippen LogP contribution in [0.4, 0.5) is 17.3 Å². The van der Waals surface area contributed by atoms with Crippen LogP contribution in [0.2, 0.25) is 0 Å². The van der Waals surface area contributed by atoms with Gasteiger partial charge < -0.3 is 15.1 Å². The molecule has 1 atom stereocenters. The van der Waals surface area contributed by atoms with Crippen LogP contribution >= 0.6 is 0 Å². The molecule has 0 aliphatic heterocycles. The standard InChI is InChI=1S/C10H17N5O3/c1-7(6-18-3)14(2)10-5-8(15(16)17)4-9(12-10)13-11/h4-5,7H,6,11H2,1-3H3,(H,12,13). The van der Waals surface area contributed by atoms with Gasteiger partial charge in [0.1, 0.15) is 11.6 Å². The first kappa shape index (κ1) is 14.1. The molecule has 0 fully saturated rings. The van der Waals surface area contributed by atoms with Crippen LogP contribution in [-0.2, 0) is 4.74 Å². The Morgan fingerprint density at radius 3 is 2.83 bits per heavy atom. The molecule has 0 aliphatic carbocycles. The molecule has 0 amide bonds. The lowest BCUT2D eigenvalue weighted by Gasteiger charge is -2.25. The summed E-state index contributed by atoms with van der Waals surface area (Å²) in [5, 5.41) is 10.8. The minimum Gasteiger partial charge on any atom is -0.383 e. The lowest BCUT2D eigenvalue weighted by Crippen LogP contribution is -2.33. The maximum absolute atomic E-state index is 10.8. The number of methoxy groups -OCH3 is 1. The number of hydrazine groups is 1. The summed E-state index contributed by atoms with van der Waals surface area (Å²) in [5.41, 5.74) is 2.25. The van der Waals surface area contributed by atoms with E-state index in [1.54, 1.807) is 19.1 Å². The number of aromatic nitrogens is 1. The number of hydrogen-bond acceptors (Lipinski definition) is 7. The van der Waals surface area contributed by atoms with Gasteiger partial charge in [-0.3, -0.25) is 10.1 Å². The first-order chi connectivity index (χ1) is 8.49. The van der Waals surface area contributed by atoms with Crippen LogP contribution in [0.15, 0.2) is 12.1 Å². The van der Waals surface area contributed by atoms with Crippen LogP contribution in [0.5, 0.6) is 0 Å². The van der Waals surface area contributed by atoms with Crippen molar-refractivity contribution in [2.75, 3.05) is 31.1 Å². The molecule has 1 aromatic rings. The maximum atomic E-state index is 10.8. The number of nitrogens with zero attached hydrogens (tertiary/aromatic N) is 3. The van der Waals surface area contributed by atoms with Gasteiger partial charge in [0.05, 0.1) is 29.7 Å². The zero-order valence-corrected chi connectivity index (χ0v) is 10.6. The van der Waals surface area contributed by atoms with E-state index in [2.05, 4.69) is 10.4 Å². The van der Waals surface area contributed by atoms with Crippen LogP contribution in [-0.4, -0.2) is 36.7 Å². The molecular formula is C10H17N5O3. The van der Waals surface area contributed by atoms with Crippen molar-refractivity contribution in [3.8, 4) is 0 Å². The third-order valence-electron chi connectivity index (χ3n) is 2.59. The van der Waals surface area contributed by atoms with E-state index in [1.807, 2.05) is 6.92 Å². The predicted octanol–water partition coefficient (Wildman–Crippen LogP) is 0.747.